The summed E-state index contributed by atoms with van der Waals surface area (Å²) in [6, 6.07) is 7.56. The summed E-state index contributed by atoms with van der Waals surface area (Å²) >= 11 is 0. The highest BCUT2D eigenvalue weighted by atomic mass is 16.5. The molecule has 13 heteroatoms. The predicted octanol–water partition coefficient (Wildman–Crippen LogP) is 1.72. The first-order valence-electron chi connectivity index (χ1n) is 13.2. The largest absolute Gasteiger partial charge is 0.378 e. The van der Waals surface area contributed by atoms with E-state index in [0.29, 0.717) is 76.0 Å². The van der Waals surface area contributed by atoms with Crippen LogP contribution in [-0.4, -0.2) is 82.5 Å². The molecule has 2 aromatic heterocycles. The molecule has 0 unspecified atom stereocenters. The number of anilines is 3. The fourth-order valence-electron chi connectivity index (χ4n) is 3.44. The molecular formula is C26H40N10O3. The molecule has 0 fully saturated rings. The van der Waals surface area contributed by atoms with Crippen LogP contribution in [0.2, 0.25) is 0 Å². The van der Waals surface area contributed by atoms with Crippen LogP contribution in [0.15, 0.2) is 43.0 Å². The van der Waals surface area contributed by atoms with Crippen molar-refractivity contribution in [3.05, 3.63) is 54.1 Å². The van der Waals surface area contributed by atoms with E-state index in [1.807, 2.05) is 36.7 Å². The highest BCUT2D eigenvalue weighted by Crippen LogP contribution is 2.12. The van der Waals surface area contributed by atoms with E-state index in [2.05, 4.69) is 41.2 Å². The van der Waals surface area contributed by atoms with Crippen LogP contribution < -0.4 is 27.0 Å². The maximum absolute atomic E-state index is 12.4. The van der Waals surface area contributed by atoms with Crippen LogP contribution >= 0.6 is 0 Å². The summed E-state index contributed by atoms with van der Waals surface area (Å²) in [7, 11) is 0. The second-order valence-electron chi connectivity index (χ2n) is 9.01. The number of ether oxygens (including phenoxy) is 2. The number of carbonyl (C=O) groups excluding carboxylic acids is 1. The molecule has 0 spiro atoms. The quantitative estimate of drug-likeness (QED) is 0.141. The lowest BCUT2D eigenvalue weighted by Gasteiger charge is -2.13. The third kappa shape index (κ3) is 11.6. The molecule has 0 bridgehead atoms. The van der Waals surface area contributed by atoms with Gasteiger partial charge in [-0.05, 0) is 38.0 Å². The summed E-state index contributed by atoms with van der Waals surface area (Å²) in [5, 5.41) is 12.6. The molecule has 6 N–H and O–H groups in total. The van der Waals surface area contributed by atoms with Crippen molar-refractivity contribution in [3.63, 3.8) is 0 Å². The lowest BCUT2D eigenvalue weighted by atomic mass is 10.1. The standard InChI is InChI=1S/C26H40N10O3/c1-20(2)32-26-34-24(30-9-3-12-36-13-10-28-19-36)33-25(35-26)31-18-21-4-6-22(7-5-21)23(37)29-11-15-39-17-16-38-14-8-27/h4-7,10,13,19-20H,3,8-9,11-12,14-18,27H2,1-2H3,(H,29,37)(H3,30,31,32,33,34,35). The summed E-state index contributed by atoms with van der Waals surface area (Å²) in [6.45, 7) is 8.92. The monoisotopic (exact) mass is 540 g/mol. The van der Waals surface area contributed by atoms with E-state index in [1.165, 1.54) is 0 Å². The second-order valence-corrected chi connectivity index (χ2v) is 9.01. The van der Waals surface area contributed by atoms with Gasteiger partial charge in [0.2, 0.25) is 17.8 Å². The van der Waals surface area contributed by atoms with Crippen LogP contribution in [0.1, 0.15) is 36.2 Å². The van der Waals surface area contributed by atoms with Gasteiger partial charge in [0, 0.05) is 56.7 Å². The minimum atomic E-state index is -0.150. The average molecular weight is 541 g/mol. The van der Waals surface area contributed by atoms with Crippen LogP contribution in [0.4, 0.5) is 17.8 Å². The topological polar surface area (TPSA) is 166 Å². The number of nitrogens with one attached hydrogen (secondary N) is 4. The van der Waals surface area contributed by atoms with Gasteiger partial charge in [0.1, 0.15) is 0 Å². The van der Waals surface area contributed by atoms with Crippen LogP contribution in [0.3, 0.4) is 0 Å². The minimum absolute atomic E-state index is 0.150. The van der Waals surface area contributed by atoms with Crippen molar-refractivity contribution in [2.24, 2.45) is 5.73 Å². The first kappa shape index (κ1) is 29.7. The molecule has 0 atom stereocenters. The molecule has 3 aromatic rings. The van der Waals surface area contributed by atoms with Crippen molar-refractivity contribution >= 4 is 23.8 Å². The van der Waals surface area contributed by atoms with Gasteiger partial charge in [-0.3, -0.25) is 4.79 Å². The van der Waals surface area contributed by atoms with Gasteiger partial charge in [-0.15, -0.1) is 0 Å². The molecule has 0 aliphatic heterocycles. The molecule has 212 valence electrons. The Morgan fingerprint density at radius 1 is 0.949 bits per heavy atom. The number of rotatable bonds is 19. The normalized spacial score (nSPS) is 11.0. The zero-order chi connectivity index (χ0) is 27.7. The Kier molecular flexibility index (Phi) is 12.9. The van der Waals surface area contributed by atoms with Crippen molar-refractivity contribution in [1.29, 1.82) is 0 Å². The predicted molar refractivity (Wildman–Crippen MR) is 151 cm³/mol. The maximum atomic E-state index is 12.4. The first-order valence-corrected chi connectivity index (χ1v) is 13.2. The molecule has 39 heavy (non-hydrogen) atoms. The molecule has 0 aliphatic carbocycles. The first-order chi connectivity index (χ1) is 19.0. The summed E-state index contributed by atoms with van der Waals surface area (Å²) in [5.74, 6) is 1.31. The molecule has 1 amide bonds. The second kappa shape index (κ2) is 16.9. The van der Waals surface area contributed by atoms with Crippen molar-refractivity contribution < 1.29 is 14.3 Å². The number of carbonyl (C=O) groups is 1. The lowest BCUT2D eigenvalue weighted by Crippen LogP contribution is -2.27. The van der Waals surface area contributed by atoms with E-state index in [4.69, 9.17) is 15.2 Å². The molecule has 0 saturated carbocycles. The number of benzene rings is 1. The zero-order valence-corrected chi connectivity index (χ0v) is 22.7. The Morgan fingerprint density at radius 2 is 1.67 bits per heavy atom. The third-order valence-corrected chi connectivity index (χ3v) is 5.32. The smallest absolute Gasteiger partial charge is 0.251 e. The summed E-state index contributed by atoms with van der Waals surface area (Å²) in [6.07, 6.45) is 6.40. The maximum Gasteiger partial charge on any atom is 0.251 e. The van der Waals surface area contributed by atoms with Gasteiger partial charge in [0.05, 0.1) is 32.8 Å². The highest BCUT2D eigenvalue weighted by molar-refractivity contribution is 5.94. The highest BCUT2D eigenvalue weighted by Gasteiger charge is 2.09. The van der Waals surface area contributed by atoms with E-state index in [1.54, 1.807) is 24.7 Å². The van der Waals surface area contributed by atoms with Gasteiger partial charge in [-0.2, -0.15) is 15.0 Å². The average Bonchev–Trinajstić information content (AvgIpc) is 3.45. The zero-order valence-electron chi connectivity index (χ0n) is 22.7. The Bertz CT molecular complexity index is 1090. The number of amides is 1. The number of aromatic nitrogens is 5. The van der Waals surface area contributed by atoms with Gasteiger partial charge in [0.25, 0.3) is 5.91 Å². The van der Waals surface area contributed by atoms with Crippen molar-refractivity contribution in [2.45, 2.75) is 39.4 Å². The van der Waals surface area contributed by atoms with Crippen LogP contribution in [0.25, 0.3) is 0 Å². The van der Waals surface area contributed by atoms with E-state index in [0.717, 1.165) is 18.5 Å². The van der Waals surface area contributed by atoms with E-state index < -0.39 is 0 Å². The van der Waals surface area contributed by atoms with Crippen LogP contribution in [0.5, 0.6) is 0 Å². The number of hydrogen-bond acceptors (Lipinski definition) is 11. The molecule has 0 radical (unpaired) electrons. The van der Waals surface area contributed by atoms with Crippen molar-refractivity contribution in [3.8, 4) is 0 Å². The summed E-state index contributed by atoms with van der Waals surface area (Å²) in [4.78, 5) is 29.9. The fourth-order valence-corrected chi connectivity index (χ4v) is 3.44. The molecular weight excluding hydrogens is 500 g/mol. The number of imidazole rings is 1. The van der Waals surface area contributed by atoms with Crippen molar-refractivity contribution in [2.75, 3.05) is 62.0 Å². The minimum Gasteiger partial charge on any atom is -0.378 e. The molecule has 2 heterocycles. The Morgan fingerprint density at radius 3 is 2.36 bits per heavy atom. The van der Waals surface area contributed by atoms with Crippen LogP contribution in [-0.2, 0) is 22.6 Å². The number of aryl methyl sites for hydroxylation is 1. The molecule has 0 saturated heterocycles. The SMILES string of the molecule is CC(C)Nc1nc(NCCCn2ccnc2)nc(NCc2ccc(C(=O)NCCOCCOCCN)cc2)n1. The summed E-state index contributed by atoms with van der Waals surface area (Å²) < 4.78 is 12.7. The van der Waals surface area contributed by atoms with Gasteiger partial charge < -0.3 is 41.0 Å². The molecule has 3 rings (SSSR count). The van der Waals surface area contributed by atoms with E-state index in [9.17, 15) is 4.79 Å². The Balaban J connectivity index is 1.45. The number of nitrogens with zero attached hydrogens (tertiary/aromatic N) is 5. The van der Waals surface area contributed by atoms with Crippen LogP contribution in [0, 0.1) is 0 Å². The van der Waals surface area contributed by atoms with E-state index in [-0.39, 0.29) is 11.9 Å². The molecule has 13 nitrogen and oxygen atoms in total. The van der Waals surface area contributed by atoms with Gasteiger partial charge in [-0.1, -0.05) is 12.1 Å². The lowest BCUT2D eigenvalue weighted by molar-refractivity contribution is 0.0511. The number of hydrogen-bond donors (Lipinski definition) is 5. The van der Waals surface area contributed by atoms with Gasteiger partial charge in [0.15, 0.2) is 0 Å². The van der Waals surface area contributed by atoms with Gasteiger partial charge in [-0.25, -0.2) is 4.98 Å². The molecule has 0 aliphatic rings. The Hall–Kier alpha value is -3.81. The number of nitrogens with two attached hydrogens (primary N) is 1. The van der Waals surface area contributed by atoms with E-state index >= 15 is 0 Å². The Labute approximate surface area is 229 Å². The van der Waals surface area contributed by atoms with Crippen molar-refractivity contribution in [1.82, 2.24) is 29.8 Å². The fraction of sp³-hybridized carbons (Fsp3) is 0.500. The summed E-state index contributed by atoms with van der Waals surface area (Å²) in [5.41, 5.74) is 6.92. The molecule has 1 aromatic carbocycles. The third-order valence-electron chi connectivity index (χ3n) is 5.32. The van der Waals surface area contributed by atoms with Gasteiger partial charge >= 0.3 is 0 Å².